The lowest BCUT2D eigenvalue weighted by Crippen LogP contribution is -2.32. The van der Waals surface area contributed by atoms with Crippen LogP contribution in [0.25, 0.3) is 10.9 Å². The smallest absolute Gasteiger partial charge is 0.261 e. The van der Waals surface area contributed by atoms with Crippen molar-refractivity contribution < 1.29 is 9.59 Å². The van der Waals surface area contributed by atoms with Gasteiger partial charge in [-0.05, 0) is 48.4 Å². The minimum atomic E-state index is -0.211. The molecule has 0 aliphatic carbocycles. The van der Waals surface area contributed by atoms with Crippen molar-refractivity contribution in [3.8, 4) is 0 Å². The van der Waals surface area contributed by atoms with Crippen LogP contribution in [-0.4, -0.2) is 27.8 Å². The summed E-state index contributed by atoms with van der Waals surface area (Å²) < 4.78 is 2.37. The number of rotatable bonds is 6. The second kappa shape index (κ2) is 8.97. The highest BCUT2D eigenvalue weighted by molar-refractivity contribution is 6.21. The average molecular weight is 471 g/mol. The van der Waals surface area contributed by atoms with E-state index in [4.69, 9.17) is 0 Å². The molecule has 0 atom stereocenters. The molecule has 36 heavy (non-hydrogen) atoms. The molecule has 4 nitrogen and oxygen atoms in total. The lowest BCUT2D eigenvalue weighted by atomic mass is 9.97. The molecular weight excluding hydrogens is 444 g/mol. The van der Waals surface area contributed by atoms with E-state index >= 15 is 0 Å². The zero-order chi connectivity index (χ0) is 24.6. The van der Waals surface area contributed by atoms with Gasteiger partial charge in [0.15, 0.2) is 0 Å². The first-order chi connectivity index (χ1) is 17.6. The zero-order valence-corrected chi connectivity index (χ0v) is 20.1. The van der Waals surface area contributed by atoms with Crippen LogP contribution in [-0.2, 0) is 6.42 Å². The summed E-state index contributed by atoms with van der Waals surface area (Å²) >= 11 is 0. The van der Waals surface area contributed by atoms with Crippen LogP contribution in [0.1, 0.15) is 49.1 Å². The Morgan fingerprint density at radius 1 is 0.667 bits per heavy atom. The first-order valence-corrected chi connectivity index (χ1v) is 12.3. The molecule has 0 saturated heterocycles. The number of benzene rings is 4. The predicted octanol–water partition coefficient (Wildman–Crippen LogP) is 6.43. The van der Waals surface area contributed by atoms with Gasteiger partial charge < -0.3 is 4.57 Å². The maximum Gasteiger partial charge on any atom is 0.261 e. The summed E-state index contributed by atoms with van der Waals surface area (Å²) in [7, 11) is 0. The fraction of sp³-hybridized carbons (Fsp3) is 0.125. The maximum atomic E-state index is 13.0. The summed E-state index contributed by atoms with van der Waals surface area (Å²) in [5.41, 5.74) is 6.77. The van der Waals surface area contributed by atoms with E-state index in [0.29, 0.717) is 24.1 Å². The van der Waals surface area contributed by atoms with Crippen molar-refractivity contribution in [2.24, 2.45) is 0 Å². The predicted molar refractivity (Wildman–Crippen MR) is 142 cm³/mol. The Kier molecular flexibility index (Phi) is 5.49. The third kappa shape index (κ3) is 3.72. The highest BCUT2D eigenvalue weighted by Gasteiger charge is 2.35. The molecule has 2 amide bonds. The lowest BCUT2D eigenvalue weighted by molar-refractivity contribution is 0.0655. The van der Waals surface area contributed by atoms with Crippen LogP contribution in [0.2, 0.25) is 0 Å². The molecule has 0 spiro atoms. The number of fused-ring (bicyclic) bond motifs is 2. The van der Waals surface area contributed by atoms with Gasteiger partial charge in [-0.15, -0.1) is 0 Å². The number of carbonyl (C=O) groups is 2. The Balaban J connectivity index is 1.45. The van der Waals surface area contributed by atoms with Gasteiger partial charge in [0.05, 0.1) is 17.2 Å². The molecule has 0 fully saturated rings. The quantitative estimate of drug-likeness (QED) is 0.269. The van der Waals surface area contributed by atoms with E-state index in [-0.39, 0.29) is 17.9 Å². The van der Waals surface area contributed by atoms with Crippen molar-refractivity contribution >= 4 is 22.7 Å². The molecule has 0 radical (unpaired) electrons. The molecule has 5 aromatic rings. The number of hydrogen-bond donors (Lipinski definition) is 0. The van der Waals surface area contributed by atoms with Crippen molar-refractivity contribution in [2.45, 2.75) is 19.4 Å². The number of amides is 2. The molecule has 4 heteroatoms. The van der Waals surface area contributed by atoms with Crippen LogP contribution in [0.15, 0.2) is 109 Å². The van der Waals surface area contributed by atoms with E-state index in [0.717, 1.165) is 16.6 Å². The monoisotopic (exact) mass is 470 g/mol. The van der Waals surface area contributed by atoms with Crippen LogP contribution in [0.5, 0.6) is 0 Å². The number of carbonyl (C=O) groups excluding carboxylic acids is 2. The van der Waals surface area contributed by atoms with Crippen molar-refractivity contribution in [3.05, 3.63) is 143 Å². The van der Waals surface area contributed by atoms with Crippen LogP contribution in [0.3, 0.4) is 0 Å². The van der Waals surface area contributed by atoms with Crippen molar-refractivity contribution in [1.82, 2.24) is 9.47 Å². The molecule has 0 saturated carbocycles. The average Bonchev–Trinajstić information content (AvgIpc) is 3.38. The van der Waals surface area contributed by atoms with Gasteiger partial charge >= 0.3 is 0 Å². The summed E-state index contributed by atoms with van der Waals surface area (Å²) in [6.07, 6.45) is 0.565. The van der Waals surface area contributed by atoms with Crippen LogP contribution < -0.4 is 0 Å². The Hall–Kier alpha value is -4.44. The van der Waals surface area contributed by atoms with Crippen molar-refractivity contribution in [1.29, 1.82) is 0 Å². The lowest BCUT2D eigenvalue weighted by Gasteiger charge is -2.25. The number of imide groups is 1. The first kappa shape index (κ1) is 22.1. The minimum Gasteiger partial charge on any atom is -0.333 e. The minimum absolute atomic E-state index is 0.0372. The first-order valence-electron chi connectivity index (χ1n) is 12.3. The second-order valence-corrected chi connectivity index (χ2v) is 9.35. The summed E-state index contributed by atoms with van der Waals surface area (Å²) in [6, 6.07) is 36.7. The van der Waals surface area contributed by atoms with Crippen molar-refractivity contribution in [2.75, 3.05) is 6.54 Å². The molecule has 0 N–H and O–H groups in total. The number of nitrogens with zero attached hydrogens (tertiary/aromatic N) is 2. The van der Waals surface area contributed by atoms with Gasteiger partial charge in [-0.25, -0.2) is 0 Å². The Labute approximate surface area is 210 Å². The normalized spacial score (nSPS) is 13.1. The highest BCUT2D eigenvalue weighted by Crippen LogP contribution is 2.34. The van der Waals surface area contributed by atoms with E-state index in [2.05, 4.69) is 84.3 Å². The van der Waals surface area contributed by atoms with Gasteiger partial charge in [-0.3, -0.25) is 14.5 Å². The Morgan fingerprint density at radius 2 is 1.22 bits per heavy atom. The number of aryl methyl sites for hydroxylation is 1. The molecule has 0 bridgehead atoms. The van der Waals surface area contributed by atoms with Gasteiger partial charge in [-0.1, -0.05) is 84.4 Å². The van der Waals surface area contributed by atoms with E-state index in [1.54, 1.807) is 24.3 Å². The topological polar surface area (TPSA) is 42.3 Å². The molecule has 2 heterocycles. The van der Waals surface area contributed by atoms with E-state index in [1.807, 2.05) is 12.1 Å². The third-order valence-corrected chi connectivity index (χ3v) is 7.03. The van der Waals surface area contributed by atoms with Crippen LogP contribution >= 0.6 is 0 Å². The molecule has 1 aliphatic heterocycles. The summed E-state index contributed by atoms with van der Waals surface area (Å²) in [5, 5.41) is 1.16. The van der Waals surface area contributed by atoms with Crippen molar-refractivity contribution in [3.63, 3.8) is 0 Å². The van der Waals surface area contributed by atoms with E-state index in [9.17, 15) is 9.59 Å². The van der Waals surface area contributed by atoms with Gasteiger partial charge in [0.2, 0.25) is 0 Å². The summed E-state index contributed by atoms with van der Waals surface area (Å²) in [5.74, 6) is -0.423. The van der Waals surface area contributed by atoms with Crippen LogP contribution in [0.4, 0.5) is 0 Å². The third-order valence-electron chi connectivity index (χ3n) is 7.03. The van der Waals surface area contributed by atoms with E-state index in [1.165, 1.54) is 21.6 Å². The summed E-state index contributed by atoms with van der Waals surface area (Å²) in [6.45, 7) is 2.43. The molecular formula is C32H26N2O2. The van der Waals surface area contributed by atoms with E-state index < -0.39 is 0 Å². The highest BCUT2D eigenvalue weighted by atomic mass is 16.2. The fourth-order valence-electron chi connectivity index (χ4n) is 5.34. The molecule has 1 aromatic heterocycles. The van der Waals surface area contributed by atoms with Gasteiger partial charge in [0.1, 0.15) is 0 Å². The molecule has 176 valence electrons. The summed E-state index contributed by atoms with van der Waals surface area (Å²) in [4.78, 5) is 27.4. The SMILES string of the molecule is Cc1ccc2c(c1)cc(CCN1C(=O)c3ccccc3C1=O)n2C(c1ccccc1)c1ccccc1. The molecule has 1 aliphatic rings. The van der Waals surface area contributed by atoms with Crippen LogP contribution in [0, 0.1) is 6.92 Å². The van der Waals surface area contributed by atoms with Gasteiger partial charge in [-0.2, -0.15) is 0 Å². The Morgan fingerprint density at radius 3 is 1.81 bits per heavy atom. The second-order valence-electron chi connectivity index (χ2n) is 9.35. The standard InChI is InChI=1S/C32H26N2O2/c1-22-16-17-29-25(20-22)21-26(18-19-33-31(35)27-14-8-9-15-28(27)32(33)36)34(29)30(23-10-4-2-5-11-23)24-12-6-3-7-13-24/h2-17,20-21,30H,18-19H2,1H3. The Bertz CT molecular complexity index is 1510. The number of hydrogen-bond acceptors (Lipinski definition) is 2. The number of aromatic nitrogens is 1. The molecule has 4 aromatic carbocycles. The molecule has 6 rings (SSSR count). The maximum absolute atomic E-state index is 13.0. The zero-order valence-electron chi connectivity index (χ0n) is 20.1. The van der Waals surface area contributed by atoms with Gasteiger partial charge in [0.25, 0.3) is 11.8 Å². The van der Waals surface area contributed by atoms with Gasteiger partial charge in [0, 0.05) is 29.6 Å². The fourth-order valence-corrected chi connectivity index (χ4v) is 5.34. The largest absolute Gasteiger partial charge is 0.333 e. The molecule has 0 unspecified atom stereocenters.